The quantitative estimate of drug-likeness (QED) is 0.0641. The molecule has 0 unspecified atom stereocenters. The summed E-state index contributed by atoms with van der Waals surface area (Å²) in [6.45, 7) is 0. The molecular formula is C27H19F10N5O7S2. The number of methoxy groups -OCH3 is 2. The molecule has 51 heavy (non-hydrogen) atoms. The predicted molar refractivity (Wildman–Crippen MR) is 158 cm³/mol. The highest BCUT2D eigenvalue weighted by atomic mass is 32.2. The highest BCUT2D eigenvalue weighted by molar-refractivity contribution is 7.93. The number of hydrogen-bond donors (Lipinski definition) is 5. The first-order valence-electron chi connectivity index (χ1n) is 12.9. The summed E-state index contributed by atoms with van der Waals surface area (Å²) in [4.78, 5) is 6.90. The Morgan fingerprint density at radius 1 is 0.569 bits per heavy atom. The fraction of sp³-hybridized carbons (Fsp3) is 0.0741. The number of sulfonamides is 2. The lowest BCUT2D eigenvalue weighted by atomic mass is 10.2. The van der Waals surface area contributed by atoms with E-state index >= 15 is 0 Å². The van der Waals surface area contributed by atoms with Crippen molar-refractivity contribution in [2.45, 2.75) is 9.79 Å². The van der Waals surface area contributed by atoms with Gasteiger partial charge in [-0.2, -0.15) is 0 Å². The van der Waals surface area contributed by atoms with Gasteiger partial charge in [0.1, 0.15) is 11.5 Å². The molecule has 0 radical (unpaired) electrons. The Morgan fingerprint density at radius 2 is 0.902 bits per heavy atom. The van der Waals surface area contributed by atoms with Crippen molar-refractivity contribution in [2.75, 3.05) is 34.7 Å². The molecule has 0 aromatic heterocycles. The summed E-state index contributed by atoms with van der Waals surface area (Å²) < 4.78 is 195. The van der Waals surface area contributed by atoms with Crippen LogP contribution < -0.4 is 35.7 Å². The Balaban J connectivity index is 0.000000277. The van der Waals surface area contributed by atoms with Crippen molar-refractivity contribution in [3.8, 4) is 11.5 Å². The molecule has 24 heteroatoms. The monoisotopic (exact) mass is 779 g/mol. The third kappa shape index (κ3) is 8.22. The number of rotatable bonds is 9. The first kappa shape index (κ1) is 39.8. The largest absolute Gasteiger partial charge is 0.495 e. The van der Waals surface area contributed by atoms with Crippen molar-refractivity contribution < 1.29 is 75.0 Å². The predicted octanol–water partition coefficient (Wildman–Crippen LogP) is 5.46. The molecule has 0 aliphatic carbocycles. The lowest BCUT2D eigenvalue weighted by molar-refractivity contribution is 0.259. The molecule has 7 N–H and O–H groups in total. The Bertz CT molecular complexity index is 2210. The van der Waals surface area contributed by atoms with Gasteiger partial charge in [-0.3, -0.25) is 9.44 Å². The first-order chi connectivity index (χ1) is 23.6. The summed E-state index contributed by atoms with van der Waals surface area (Å²) in [6, 6.07) is 5.53. The van der Waals surface area contributed by atoms with E-state index in [0.29, 0.717) is 0 Å². The van der Waals surface area contributed by atoms with E-state index in [1.165, 1.54) is 20.3 Å². The maximum absolute atomic E-state index is 13.7. The summed E-state index contributed by atoms with van der Waals surface area (Å²) in [7, 11) is -7.83. The van der Waals surface area contributed by atoms with Crippen LogP contribution in [0.2, 0.25) is 0 Å². The molecule has 0 saturated heterocycles. The van der Waals surface area contributed by atoms with Crippen LogP contribution in [0.5, 0.6) is 11.5 Å². The van der Waals surface area contributed by atoms with E-state index in [2.05, 4.69) is 5.32 Å². The van der Waals surface area contributed by atoms with Crippen LogP contribution in [-0.2, 0) is 20.0 Å². The smallest absolute Gasteiger partial charge is 0.316 e. The SMILES string of the molecule is COc1ccc(NS(=O)(=O)c2c(F)c(F)c(F)c(F)c2F)cc1N.COc1ccc(NS(=O)(=O)c2c(F)c(F)c(F)c(F)c2F)cc1NC(N)=O. The average molecular weight is 780 g/mol. The van der Waals surface area contributed by atoms with Crippen molar-refractivity contribution in [2.24, 2.45) is 5.73 Å². The van der Waals surface area contributed by atoms with E-state index in [0.717, 1.165) is 30.3 Å². The normalized spacial score (nSPS) is 11.3. The number of ether oxygens (including phenoxy) is 2. The number of anilines is 4. The molecule has 0 heterocycles. The number of nitrogens with one attached hydrogen (secondary N) is 3. The van der Waals surface area contributed by atoms with E-state index in [1.807, 2.05) is 0 Å². The number of urea groups is 1. The summed E-state index contributed by atoms with van der Waals surface area (Å²) in [5.41, 5.74) is 9.69. The van der Waals surface area contributed by atoms with Gasteiger partial charge in [-0.25, -0.2) is 65.5 Å². The van der Waals surface area contributed by atoms with E-state index in [1.54, 1.807) is 9.44 Å². The Kier molecular flexibility index (Phi) is 11.8. The van der Waals surface area contributed by atoms with Gasteiger partial charge in [-0.15, -0.1) is 0 Å². The van der Waals surface area contributed by atoms with Crippen molar-refractivity contribution in [1.82, 2.24) is 0 Å². The zero-order chi connectivity index (χ0) is 38.7. The van der Waals surface area contributed by atoms with Crippen molar-refractivity contribution in [1.29, 1.82) is 0 Å². The summed E-state index contributed by atoms with van der Waals surface area (Å²) >= 11 is 0. The minimum absolute atomic E-state index is 0.0184. The van der Waals surface area contributed by atoms with Crippen LogP contribution in [0, 0.1) is 58.2 Å². The van der Waals surface area contributed by atoms with Gasteiger partial charge in [0.2, 0.25) is 11.6 Å². The number of benzene rings is 4. The standard InChI is InChI=1S/C14H10F5N3O4S.C13H9F5N2O3S/c1-26-7-3-2-5(4-6(7)21-14(20)23)22-27(24,25)13-11(18)9(16)8(15)10(17)12(13)19;1-23-7-3-2-5(4-6(7)19)20-24(21,22)13-11(17)9(15)8(14)10(16)12(13)18/h2-4,22H,1H3,(H3,20,21,23);2-4,20H,19H2,1H3. The van der Waals surface area contributed by atoms with Gasteiger partial charge < -0.3 is 26.3 Å². The molecule has 4 aromatic rings. The Labute approximate surface area is 280 Å². The molecule has 4 rings (SSSR count). The molecule has 276 valence electrons. The number of carbonyl (C=O) groups excluding carboxylic acids is 1. The fourth-order valence-electron chi connectivity index (χ4n) is 3.85. The van der Waals surface area contributed by atoms with Crippen LogP contribution in [0.25, 0.3) is 0 Å². The molecule has 4 aromatic carbocycles. The number of halogens is 10. The third-order valence-corrected chi connectivity index (χ3v) is 8.87. The second kappa shape index (κ2) is 15.1. The Morgan fingerprint density at radius 3 is 1.24 bits per heavy atom. The lowest BCUT2D eigenvalue weighted by Crippen LogP contribution is -2.21. The zero-order valence-electron chi connectivity index (χ0n) is 25.1. The Hall–Kier alpha value is -5.65. The van der Waals surface area contributed by atoms with Gasteiger partial charge >= 0.3 is 6.03 Å². The van der Waals surface area contributed by atoms with Crippen LogP contribution in [0.1, 0.15) is 0 Å². The van der Waals surface area contributed by atoms with Crippen molar-refractivity contribution in [3.63, 3.8) is 0 Å². The van der Waals surface area contributed by atoms with Gasteiger partial charge in [0.15, 0.2) is 56.3 Å². The summed E-state index contributed by atoms with van der Waals surface area (Å²) in [6.07, 6.45) is 0. The van der Waals surface area contributed by atoms with Crippen LogP contribution in [0.3, 0.4) is 0 Å². The molecule has 12 nitrogen and oxygen atoms in total. The van der Waals surface area contributed by atoms with Crippen LogP contribution in [-0.4, -0.2) is 37.1 Å². The molecule has 0 fully saturated rings. The van der Waals surface area contributed by atoms with Gasteiger partial charge in [-0.1, -0.05) is 0 Å². The van der Waals surface area contributed by atoms with E-state index in [-0.39, 0.29) is 34.2 Å². The molecule has 0 spiro atoms. The summed E-state index contributed by atoms with van der Waals surface area (Å²) in [5, 5.41) is 2.10. The highest BCUT2D eigenvalue weighted by Crippen LogP contribution is 2.33. The van der Waals surface area contributed by atoms with E-state index < -0.39 is 94.0 Å². The van der Waals surface area contributed by atoms with Crippen LogP contribution in [0.4, 0.5) is 71.4 Å². The van der Waals surface area contributed by atoms with Gasteiger partial charge in [0, 0.05) is 0 Å². The summed E-state index contributed by atoms with van der Waals surface area (Å²) in [5.74, 6) is -24.3. The highest BCUT2D eigenvalue weighted by Gasteiger charge is 2.35. The molecule has 0 bridgehead atoms. The lowest BCUT2D eigenvalue weighted by Gasteiger charge is -2.14. The van der Waals surface area contributed by atoms with Gasteiger partial charge in [-0.05, 0) is 36.4 Å². The van der Waals surface area contributed by atoms with Crippen molar-refractivity contribution >= 4 is 48.8 Å². The fourth-order valence-corrected chi connectivity index (χ4v) is 6.23. The number of nitrogen functional groups attached to an aromatic ring is 1. The minimum Gasteiger partial charge on any atom is -0.495 e. The minimum atomic E-state index is -5.23. The van der Waals surface area contributed by atoms with Crippen molar-refractivity contribution in [3.05, 3.63) is 94.6 Å². The topological polar surface area (TPSA) is 192 Å². The number of primary amides is 1. The van der Waals surface area contributed by atoms with Gasteiger partial charge in [0.25, 0.3) is 20.0 Å². The molecule has 2 amide bonds. The van der Waals surface area contributed by atoms with Gasteiger partial charge in [0.05, 0.1) is 37.0 Å². The van der Waals surface area contributed by atoms with Crippen LogP contribution >= 0.6 is 0 Å². The number of nitrogens with two attached hydrogens (primary N) is 2. The molecule has 0 aliphatic heterocycles. The van der Waals surface area contributed by atoms with E-state index in [9.17, 15) is 65.5 Å². The zero-order valence-corrected chi connectivity index (χ0v) is 26.7. The number of carbonyl (C=O) groups is 1. The van der Waals surface area contributed by atoms with Crippen LogP contribution in [0.15, 0.2) is 46.2 Å². The molecular weight excluding hydrogens is 760 g/mol. The third-order valence-electron chi connectivity index (χ3n) is 6.07. The van der Waals surface area contributed by atoms with E-state index in [4.69, 9.17) is 20.9 Å². The maximum Gasteiger partial charge on any atom is 0.316 e. The average Bonchev–Trinajstić information content (AvgIpc) is 3.04. The maximum atomic E-state index is 13.7. The number of amides is 2. The second-order valence-corrected chi connectivity index (χ2v) is 12.6. The molecule has 0 saturated carbocycles. The first-order valence-corrected chi connectivity index (χ1v) is 15.8. The number of hydrogen-bond acceptors (Lipinski definition) is 8. The molecule has 0 atom stereocenters. The second-order valence-electron chi connectivity index (χ2n) is 9.37. The molecule has 0 aliphatic rings.